The van der Waals surface area contributed by atoms with Crippen molar-refractivity contribution >= 4 is 5.69 Å². The Bertz CT molecular complexity index is 390. The standard InChI is InChI=1S/C16H26N2O2/c1-19-12-4-5-13-20-16-7-3-2-6-15(16)18-10-8-14(17)9-11-18/h2-3,6-7,14H,4-5,8-13,17H2,1H3. The molecule has 20 heavy (non-hydrogen) atoms. The Kier molecular flexibility index (Phi) is 6.15. The van der Waals surface area contributed by atoms with E-state index in [2.05, 4.69) is 23.1 Å². The summed E-state index contributed by atoms with van der Waals surface area (Å²) in [5.41, 5.74) is 7.17. The number of nitrogens with two attached hydrogens (primary N) is 1. The number of para-hydroxylation sites is 2. The third kappa shape index (κ3) is 4.39. The molecule has 4 heteroatoms. The molecule has 1 fully saturated rings. The monoisotopic (exact) mass is 278 g/mol. The van der Waals surface area contributed by atoms with Gasteiger partial charge >= 0.3 is 0 Å². The molecule has 0 amide bonds. The molecule has 0 aromatic heterocycles. The Hall–Kier alpha value is -1.26. The van der Waals surface area contributed by atoms with Crippen LogP contribution in [0.1, 0.15) is 25.7 Å². The van der Waals surface area contributed by atoms with Gasteiger partial charge in [-0.2, -0.15) is 0 Å². The zero-order valence-corrected chi connectivity index (χ0v) is 12.4. The molecule has 1 aromatic rings. The molecule has 1 saturated heterocycles. The van der Waals surface area contributed by atoms with Gasteiger partial charge in [0.05, 0.1) is 12.3 Å². The summed E-state index contributed by atoms with van der Waals surface area (Å²) >= 11 is 0. The average molecular weight is 278 g/mol. The van der Waals surface area contributed by atoms with Crippen molar-refractivity contribution < 1.29 is 9.47 Å². The maximum absolute atomic E-state index is 5.97. The van der Waals surface area contributed by atoms with Gasteiger partial charge < -0.3 is 20.1 Å². The molecule has 1 heterocycles. The number of ether oxygens (including phenoxy) is 2. The number of hydrogen-bond acceptors (Lipinski definition) is 4. The topological polar surface area (TPSA) is 47.7 Å². The fourth-order valence-electron chi connectivity index (χ4n) is 2.51. The molecule has 1 aliphatic heterocycles. The van der Waals surface area contributed by atoms with Crippen LogP contribution in [-0.2, 0) is 4.74 Å². The van der Waals surface area contributed by atoms with Gasteiger partial charge in [-0.3, -0.25) is 0 Å². The predicted octanol–water partition coefficient (Wildman–Crippen LogP) is 2.42. The fraction of sp³-hybridized carbons (Fsp3) is 0.625. The Balaban J connectivity index is 1.89. The predicted molar refractivity (Wildman–Crippen MR) is 82.5 cm³/mol. The number of anilines is 1. The first kappa shape index (κ1) is 15.1. The van der Waals surface area contributed by atoms with Gasteiger partial charge in [-0.05, 0) is 37.8 Å². The third-order valence-corrected chi connectivity index (χ3v) is 3.75. The van der Waals surface area contributed by atoms with Gasteiger partial charge in [-0.15, -0.1) is 0 Å². The minimum absolute atomic E-state index is 0.355. The molecule has 0 unspecified atom stereocenters. The molecule has 0 radical (unpaired) electrons. The van der Waals surface area contributed by atoms with Gasteiger partial charge in [0, 0.05) is 32.8 Å². The van der Waals surface area contributed by atoms with E-state index in [4.69, 9.17) is 15.2 Å². The minimum Gasteiger partial charge on any atom is -0.491 e. The lowest BCUT2D eigenvalue weighted by Crippen LogP contribution is -2.39. The number of benzene rings is 1. The van der Waals surface area contributed by atoms with Crippen LogP contribution in [0.2, 0.25) is 0 Å². The van der Waals surface area contributed by atoms with E-state index in [9.17, 15) is 0 Å². The summed E-state index contributed by atoms with van der Waals surface area (Å²) in [4.78, 5) is 2.38. The fourth-order valence-corrected chi connectivity index (χ4v) is 2.51. The van der Waals surface area contributed by atoms with Gasteiger partial charge in [0.1, 0.15) is 5.75 Å². The van der Waals surface area contributed by atoms with E-state index in [-0.39, 0.29) is 0 Å². The second kappa shape index (κ2) is 8.12. The zero-order valence-electron chi connectivity index (χ0n) is 12.4. The second-order valence-corrected chi connectivity index (χ2v) is 5.34. The molecule has 0 atom stereocenters. The van der Waals surface area contributed by atoms with Crippen molar-refractivity contribution in [3.05, 3.63) is 24.3 Å². The summed E-state index contributed by atoms with van der Waals surface area (Å²) in [7, 11) is 1.73. The van der Waals surface area contributed by atoms with Crippen LogP contribution in [0.15, 0.2) is 24.3 Å². The summed E-state index contributed by atoms with van der Waals surface area (Å²) < 4.78 is 11.0. The molecule has 0 saturated carbocycles. The molecular formula is C16H26N2O2. The van der Waals surface area contributed by atoms with Crippen molar-refractivity contribution in [1.29, 1.82) is 0 Å². The summed E-state index contributed by atoms with van der Waals surface area (Å²) in [6.07, 6.45) is 4.18. The van der Waals surface area contributed by atoms with E-state index in [1.165, 1.54) is 5.69 Å². The van der Waals surface area contributed by atoms with E-state index in [0.717, 1.165) is 57.7 Å². The summed E-state index contributed by atoms with van der Waals surface area (Å²) in [5.74, 6) is 0.986. The Morgan fingerprint density at radius 3 is 2.60 bits per heavy atom. The summed E-state index contributed by atoms with van der Waals surface area (Å²) in [6, 6.07) is 8.65. The molecule has 0 bridgehead atoms. The van der Waals surface area contributed by atoms with Crippen molar-refractivity contribution in [3.8, 4) is 5.75 Å². The Labute approximate surface area is 121 Å². The number of hydrogen-bond donors (Lipinski definition) is 1. The highest BCUT2D eigenvalue weighted by molar-refractivity contribution is 5.58. The van der Waals surface area contributed by atoms with Gasteiger partial charge in [-0.25, -0.2) is 0 Å². The van der Waals surface area contributed by atoms with Crippen molar-refractivity contribution in [1.82, 2.24) is 0 Å². The van der Waals surface area contributed by atoms with Crippen molar-refractivity contribution in [2.45, 2.75) is 31.7 Å². The highest BCUT2D eigenvalue weighted by Gasteiger charge is 2.18. The van der Waals surface area contributed by atoms with Crippen molar-refractivity contribution in [2.24, 2.45) is 5.73 Å². The van der Waals surface area contributed by atoms with Crippen LogP contribution in [-0.4, -0.2) is 39.5 Å². The maximum atomic E-state index is 5.97. The van der Waals surface area contributed by atoms with Gasteiger partial charge in [-0.1, -0.05) is 12.1 Å². The highest BCUT2D eigenvalue weighted by Crippen LogP contribution is 2.30. The number of unbranched alkanes of at least 4 members (excludes halogenated alkanes) is 1. The van der Waals surface area contributed by atoms with Gasteiger partial charge in [0.2, 0.25) is 0 Å². The summed E-state index contributed by atoms with van der Waals surface area (Å²) in [5, 5.41) is 0. The van der Waals surface area contributed by atoms with Crippen molar-refractivity contribution in [2.75, 3.05) is 38.3 Å². The van der Waals surface area contributed by atoms with Crippen LogP contribution < -0.4 is 15.4 Å². The highest BCUT2D eigenvalue weighted by atomic mass is 16.5. The number of rotatable bonds is 7. The van der Waals surface area contributed by atoms with Crippen LogP contribution in [0.5, 0.6) is 5.75 Å². The molecule has 0 aliphatic carbocycles. The molecule has 0 spiro atoms. The zero-order chi connectivity index (χ0) is 14.2. The van der Waals surface area contributed by atoms with Crippen LogP contribution in [0.25, 0.3) is 0 Å². The molecule has 1 aromatic carbocycles. The first-order chi connectivity index (χ1) is 9.81. The molecule has 1 aliphatic rings. The van der Waals surface area contributed by atoms with Gasteiger partial charge in [0.15, 0.2) is 0 Å². The molecular weight excluding hydrogens is 252 g/mol. The largest absolute Gasteiger partial charge is 0.491 e. The maximum Gasteiger partial charge on any atom is 0.142 e. The Morgan fingerprint density at radius 2 is 1.85 bits per heavy atom. The Morgan fingerprint density at radius 1 is 1.15 bits per heavy atom. The lowest BCUT2D eigenvalue weighted by atomic mass is 10.1. The molecule has 112 valence electrons. The molecule has 2 N–H and O–H groups in total. The first-order valence-corrected chi connectivity index (χ1v) is 7.52. The lowest BCUT2D eigenvalue weighted by molar-refractivity contribution is 0.184. The van der Waals surface area contributed by atoms with Gasteiger partial charge in [0.25, 0.3) is 0 Å². The van der Waals surface area contributed by atoms with E-state index >= 15 is 0 Å². The van der Waals surface area contributed by atoms with Crippen LogP contribution in [0, 0.1) is 0 Å². The normalized spacial score (nSPS) is 16.4. The SMILES string of the molecule is COCCCCOc1ccccc1N1CCC(N)CC1. The van der Waals surface area contributed by atoms with Crippen LogP contribution in [0.4, 0.5) is 5.69 Å². The van der Waals surface area contributed by atoms with E-state index in [1.807, 2.05) is 6.07 Å². The first-order valence-electron chi connectivity index (χ1n) is 7.52. The van der Waals surface area contributed by atoms with E-state index in [1.54, 1.807) is 7.11 Å². The number of nitrogens with zero attached hydrogens (tertiary/aromatic N) is 1. The van der Waals surface area contributed by atoms with E-state index < -0.39 is 0 Å². The smallest absolute Gasteiger partial charge is 0.142 e. The molecule has 4 nitrogen and oxygen atoms in total. The van der Waals surface area contributed by atoms with Crippen LogP contribution >= 0.6 is 0 Å². The number of methoxy groups -OCH3 is 1. The third-order valence-electron chi connectivity index (χ3n) is 3.75. The summed E-state index contributed by atoms with van der Waals surface area (Å²) in [6.45, 7) is 3.58. The second-order valence-electron chi connectivity index (χ2n) is 5.34. The quantitative estimate of drug-likeness (QED) is 0.778. The molecule has 2 rings (SSSR count). The van der Waals surface area contributed by atoms with Crippen molar-refractivity contribution in [3.63, 3.8) is 0 Å². The van der Waals surface area contributed by atoms with Crippen LogP contribution in [0.3, 0.4) is 0 Å². The number of piperidine rings is 1. The average Bonchev–Trinajstić information content (AvgIpc) is 2.48. The van der Waals surface area contributed by atoms with E-state index in [0.29, 0.717) is 6.04 Å². The minimum atomic E-state index is 0.355. The lowest BCUT2D eigenvalue weighted by Gasteiger charge is -2.33.